The average molecular weight is 335 g/mol. The Hall–Kier alpha value is -3.08. The maximum atomic E-state index is 12.5. The molecule has 2 aromatic carbocycles. The molecule has 0 fully saturated rings. The molecule has 0 radical (unpaired) electrons. The Balaban J connectivity index is 1.71. The van der Waals surface area contributed by atoms with Gasteiger partial charge in [0.15, 0.2) is 0 Å². The number of ether oxygens (including phenoxy) is 1. The fourth-order valence-electron chi connectivity index (χ4n) is 2.69. The van der Waals surface area contributed by atoms with Crippen molar-refractivity contribution in [2.45, 2.75) is 19.4 Å². The molecular formula is C20H21N3O2. The molecule has 0 saturated heterocycles. The lowest BCUT2D eigenvalue weighted by atomic mass is 10.0. The number of aromatic nitrogens is 2. The number of benzene rings is 2. The first kappa shape index (κ1) is 16.8. The second kappa shape index (κ2) is 7.66. The molecule has 0 aliphatic carbocycles. The molecule has 5 nitrogen and oxygen atoms in total. The zero-order valence-corrected chi connectivity index (χ0v) is 14.3. The first-order valence-electron chi connectivity index (χ1n) is 8.26. The maximum absolute atomic E-state index is 12.5. The minimum Gasteiger partial charge on any atom is -0.497 e. The summed E-state index contributed by atoms with van der Waals surface area (Å²) in [5.41, 5.74) is 2.61. The molecule has 3 rings (SSSR count). The third-order valence-corrected chi connectivity index (χ3v) is 4.13. The van der Waals surface area contributed by atoms with Gasteiger partial charge >= 0.3 is 0 Å². The van der Waals surface area contributed by atoms with Crippen LogP contribution < -0.4 is 10.1 Å². The molecule has 1 N–H and O–H groups in total. The van der Waals surface area contributed by atoms with Gasteiger partial charge in [0.2, 0.25) is 0 Å². The summed E-state index contributed by atoms with van der Waals surface area (Å²) in [7, 11) is 1.64. The Labute approximate surface area is 147 Å². The van der Waals surface area contributed by atoms with Crippen molar-refractivity contribution in [1.82, 2.24) is 15.1 Å². The first-order chi connectivity index (χ1) is 12.2. The minimum absolute atomic E-state index is 0.0378. The molecule has 0 spiro atoms. The van der Waals surface area contributed by atoms with Crippen molar-refractivity contribution in [3.63, 3.8) is 0 Å². The van der Waals surface area contributed by atoms with E-state index in [0.717, 1.165) is 23.4 Å². The summed E-state index contributed by atoms with van der Waals surface area (Å²) in [5, 5.41) is 7.27. The molecule has 1 atom stereocenters. The van der Waals surface area contributed by atoms with Gasteiger partial charge in [-0.2, -0.15) is 5.10 Å². The number of carbonyl (C=O) groups is 1. The smallest absolute Gasteiger partial charge is 0.251 e. The second-order valence-corrected chi connectivity index (χ2v) is 5.70. The highest BCUT2D eigenvalue weighted by molar-refractivity contribution is 5.94. The van der Waals surface area contributed by atoms with Gasteiger partial charge in [-0.25, -0.2) is 4.68 Å². The van der Waals surface area contributed by atoms with Crippen LogP contribution in [0.2, 0.25) is 0 Å². The van der Waals surface area contributed by atoms with Crippen molar-refractivity contribution in [2.75, 3.05) is 7.11 Å². The van der Waals surface area contributed by atoms with Crippen molar-refractivity contribution in [1.29, 1.82) is 0 Å². The van der Waals surface area contributed by atoms with Crippen molar-refractivity contribution < 1.29 is 9.53 Å². The van der Waals surface area contributed by atoms with E-state index in [1.54, 1.807) is 18.0 Å². The van der Waals surface area contributed by atoms with E-state index in [1.165, 1.54) is 0 Å². The van der Waals surface area contributed by atoms with E-state index in [0.29, 0.717) is 5.56 Å². The third kappa shape index (κ3) is 3.88. The molecule has 0 aliphatic rings. The summed E-state index contributed by atoms with van der Waals surface area (Å²) >= 11 is 0. The number of hydrogen-bond donors (Lipinski definition) is 1. The number of carbonyl (C=O) groups excluding carboxylic acids is 1. The van der Waals surface area contributed by atoms with E-state index in [2.05, 4.69) is 17.3 Å². The lowest BCUT2D eigenvalue weighted by Crippen LogP contribution is -2.28. The lowest BCUT2D eigenvalue weighted by Gasteiger charge is -2.18. The van der Waals surface area contributed by atoms with Gasteiger partial charge in [0.25, 0.3) is 5.91 Å². The molecule has 0 aliphatic heterocycles. The summed E-state index contributed by atoms with van der Waals surface area (Å²) in [6.07, 6.45) is 4.40. The number of methoxy groups -OCH3 is 1. The van der Waals surface area contributed by atoms with Crippen molar-refractivity contribution in [2.24, 2.45) is 0 Å². The highest BCUT2D eigenvalue weighted by Gasteiger charge is 2.14. The monoisotopic (exact) mass is 335 g/mol. The first-order valence-corrected chi connectivity index (χ1v) is 8.26. The largest absolute Gasteiger partial charge is 0.497 e. The predicted molar refractivity (Wildman–Crippen MR) is 97.1 cm³/mol. The number of amides is 1. The molecular weight excluding hydrogens is 314 g/mol. The SMILES string of the molecule is CC[C@H](NC(=O)c1ccc(-n2cccn2)cc1)c1ccc(OC)cc1. The van der Waals surface area contributed by atoms with Crippen LogP contribution in [-0.2, 0) is 0 Å². The Kier molecular flexibility index (Phi) is 5.14. The second-order valence-electron chi connectivity index (χ2n) is 5.70. The van der Waals surface area contributed by atoms with Gasteiger partial charge < -0.3 is 10.1 Å². The summed E-state index contributed by atoms with van der Waals surface area (Å²) in [5.74, 6) is 0.717. The van der Waals surface area contributed by atoms with Crippen LogP contribution in [0.3, 0.4) is 0 Å². The van der Waals surface area contributed by atoms with Gasteiger partial charge in [0, 0.05) is 18.0 Å². The molecule has 1 heterocycles. The normalized spacial score (nSPS) is 11.8. The Morgan fingerprint density at radius 1 is 1.16 bits per heavy atom. The number of nitrogens with one attached hydrogen (secondary N) is 1. The van der Waals surface area contributed by atoms with Crippen LogP contribution >= 0.6 is 0 Å². The van der Waals surface area contributed by atoms with E-state index in [4.69, 9.17) is 4.74 Å². The zero-order valence-electron chi connectivity index (χ0n) is 14.3. The van der Waals surface area contributed by atoms with E-state index in [1.807, 2.05) is 60.8 Å². The summed E-state index contributed by atoms with van der Waals surface area (Å²) in [6.45, 7) is 2.05. The van der Waals surface area contributed by atoms with Crippen molar-refractivity contribution in [3.05, 3.63) is 78.1 Å². The molecule has 5 heteroatoms. The van der Waals surface area contributed by atoms with E-state index < -0.39 is 0 Å². The maximum Gasteiger partial charge on any atom is 0.251 e. The summed E-state index contributed by atoms with van der Waals surface area (Å²) in [6, 6.07) is 17.0. The van der Waals surface area contributed by atoms with Gasteiger partial charge in [-0.3, -0.25) is 4.79 Å². The number of nitrogens with zero attached hydrogens (tertiary/aromatic N) is 2. The van der Waals surface area contributed by atoms with Crippen LogP contribution in [0.25, 0.3) is 5.69 Å². The van der Waals surface area contributed by atoms with Crippen LogP contribution in [0.4, 0.5) is 0 Å². The standard InChI is InChI=1S/C20H21N3O2/c1-3-19(15-7-11-18(25-2)12-8-15)22-20(24)16-5-9-17(10-6-16)23-14-4-13-21-23/h4-14,19H,3H2,1-2H3,(H,22,24)/t19-/m0/s1. The fourth-order valence-corrected chi connectivity index (χ4v) is 2.69. The van der Waals surface area contributed by atoms with E-state index in [9.17, 15) is 4.79 Å². The van der Waals surface area contributed by atoms with Crippen molar-refractivity contribution in [3.8, 4) is 11.4 Å². The highest BCUT2D eigenvalue weighted by atomic mass is 16.5. The summed E-state index contributed by atoms with van der Waals surface area (Å²) in [4.78, 5) is 12.5. The zero-order chi connectivity index (χ0) is 17.6. The van der Waals surface area contributed by atoms with Crippen LogP contribution in [0.1, 0.15) is 35.3 Å². The van der Waals surface area contributed by atoms with Crippen LogP contribution in [0, 0.1) is 0 Å². The molecule has 128 valence electrons. The molecule has 0 saturated carbocycles. The number of hydrogen-bond acceptors (Lipinski definition) is 3. The lowest BCUT2D eigenvalue weighted by molar-refractivity contribution is 0.0935. The van der Waals surface area contributed by atoms with Gasteiger partial charge in [-0.05, 0) is 54.4 Å². The minimum atomic E-state index is -0.0883. The van der Waals surface area contributed by atoms with E-state index in [-0.39, 0.29) is 11.9 Å². The topological polar surface area (TPSA) is 56.2 Å². The Morgan fingerprint density at radius 3 is 2.44 bits per heavy atom. The predicted octanol–water partition coefficient (Wildman–Crippen LogP) is 3.76. The summed E-state index contributed by atoms with van der Waals surface area (Å²) < 4.78 is 6.94. The molecule has 3 aromatic rings. The quantitative estimate of drug-likeness (QED) is 0.746. The van der Waals surface area contributed by atoms with Crippen molar-refractivity contribution >= 4 is 5.91 Å². The van der Waals surface area contributed by atoms with Gasteiger partial charge in [-0.15, -0.1) is 0 Å². The molecule has 0 bridgehead atoms. The van der Waals surface area contributed by atoms with Crippen LogP contribution in [0.5, 0.6) is 5.75 Å². The molecule has 25 heavy (non-hydrogen) atoms. The highest BCUT2D eigenvalue weighted by Crippen LogP contribution is 2.20. The Morgan fingerprint density at radius 2 is 1.88 bits per heavy atom. The van der Waals surface area contributed by atoms with Crippen LogP contribution in [0.15, 0.2) is 67.0 Å². The number of rotatable bonds is 6. The van der Waals surface area contributed by atoms with Gasteiger partial charge in [0.1, 0.15) is 5.75 Å². The molecule has 1 aromatic heterocycles. The molecule has 1 amide bonds. The van der Waals surface area contributed by atoms with Gasteiger partial charge in [0.05, 0.1) is 18.8 Å². The van der Waals surface area contributed by atoms with Crippen LogP contribution in [-0.4, -0.2) is 22.8 Å². The average Bonchev–Trinajstić information content (AvgIpc) is 3.21. The Bertz CT molecular complexity index is 809. The molecule has 0 unspecified atom stereocenters. The third-order valence-electron chi connectivity index (χ3n) is 4.13. The van der Waals surface area contributed by atoms with Gasteiger partial charge in [-0.1, -0.05) is 19.1 Å². The van der Waals surface area contributed by atoms with E-state index >= 15 is 0 Å². The fraction of sp³-hybridized carbons (Fsp3) is 0.200.